The van der Waals surface area contributed by atoms with Crippen molar-refractivity contribution in [1.82, 2.24) is 10.3 Å². The number of aromatic nitrogens is 1. The predicted molar refractivity (Wildman–Crippen MR) is 71.9 cm³/mol. The summed E-state index contributed by atoms with van der Waals surface area (Å²) in [7, 11) is 0. The lowest BCUT2D eigenvalue weighted by atomic mass is 9.94. The molecule has 2 rings (SSSR count). The number of pyridine rings is 1. The van der Waals surface area contributed by atoms with Gasteiger partial charge in [-0.25, -0.2) is 0 Å². The van der Waals surface area contributed by atoms with E-state index in [1.54, 1.807) is 13.1 Å². The van der Waals surface area contributed by atoms with Crippen LogP contribution in [0.3, 0.4) is 0 Å². The Hall–Kier alpha value is -1.17. The quantitative estimate of drug-likeness (QED) is 0.764. The van der Waals surface area contributed by atoms with E-state index >= 15 is 0 Å². The number of hydrogen-bond acceptors (Lipinski definition) is 5. The van der Waals surface area contributed by atoms with Crippen LogP contribution in [-0.2, 0) is 17.9 Å². The van der Waals surface area contributed by atoms with Crippen LogP contribution in [0.15, 0.2) is 6.20 Å². The molecular formula is C14H22N2O3. The van der Waals surface area contributed by atoms with E-state index in [-0.39, 0.29) is 17.9 Å². The molecule has 106 valence electrons. The molecule has 1 unspecified atom stereocenters. The zero-order chi connectivity index (χ0) is 13.9. The zero-order valence-corrected chi connectivity index (χ0v) is 11.6. The van der Waals surface area contributed by atoms with Gasteiger partial charge in [0.2, 0.25) is 0 Å². The fourth-order valence-electron chi connectivity index (χ4n) is 2.39. The van der Waals surface area contributed by atoms with Crippen molar-refractivity contribution in [3.05, 3.63) is 23.0 Å². The van der Waals surface area contributed by atoms with E-state index < -0.39 is 0 Å². The normalized spacial score (nSPS) is 23.5. The minimum atomic E-state index is -0.120. The highest BCUT2D eigenvalue weighted by atomic mass is 16.5. The fourth-order valence-corrected chi connectivity index (χ4v) is 2.39. The van der Waals surface area contributed by atoms with E-state index in [9.17, 15) is 10.2 Å². The van der Waals surface area contributed by atoms with Gasteiger partial charge in [0.15, 0.2) is 0 Å². The maximum atomic E-state index is 10.1. The second kappa shape index (κ2) is 5.86. The number of nitrogens with zero attached hydrogens (tertiary/aromatic N) is 1. The molecule has 5 heteroatoms. The van der Waals surface area contributed by atoms with Crippen LogP contribution in [0.4, 0.5) is 0 Å². The van der Waals surface area contributed by atoms with Crippen molar-refractivity contribution < 1.29 is 14.9 Å². The first-order valence-corrected chi connectivity index (χ1v) is 6.66. The number of ether oxygens (including phenoxy) is 1. The Morgan fingerprint density at radius 2 is 2.32 bits per heavy atom. The largest absolute Gasteiger partial charge is 0.506 e. The maximum absolute atomic E-state index is 10.1. The van der Waals surface area contributed by atoms with E-state index in [1.807, 2.05) is 0 Å². The Bertz CT molecular complexity index is 443. The van der Waals surface area contributed by atoms with Crippen molar-refractivity contribution in [3.63, 3.8) is 0 Å². The molecule has 5 nitrogen and oxygen atoms in total. The third-order valence-corrected chi connectivity index (χ3v) is 3.73. The molecule has 1 aliphatic heterocycles. The third-order valence-electron chi connectivity index (χ3n) is 3.73. The topological polar surface area (TPSA) is 74.6 Å². The molecule has 19 heavy (non-hydrogen) atoms. The van der Waals surface area contributed by atoms with Crippen LogP contribution in [0.2, 0.25) is 0 Å². The molecule has 3 N–H and O–H groups in total. The van der Waals surface area contributed by atoms with Gasteiger partial charge in [-0.15, -0.1) is 0 Å². The van der Waals surface area contributed by atoms with Gasteiger partial charge < -0.3 is 20.3 Å². The summed E-state index contributed by atoms with van der Waals surface area (Å²) in [6.45, 7) is 5.75. The molecule has 0 aliphatic carbocycles. The van der Waals surface area contributed by atoms with Crippen LogP contribution in [0.1, 0.15) is 36.6 Å². The van der Waals surface area contributed by atoms with Crippen molar-refractivity contribution >= 4 is 0 Å². The molecule has 0 bridgehead atoms. The summed E-state index contributed by atoms with van der Waals surface area (Å²) in [5, 5.41) is 22.8. The third kappa shape index (κ3) is 3.23. The summed E-state index contributed by atoms with van der Waals surface area (Å²) in [6.07, 6.45) is 3.70. The first kappa shape index (κ1) is 14.2. The Labute approximate surface area is 113 Å². The van der Waals surface area contributed by atoms with Gasteiger partial charge >= 0.3 is 0 Å². The van der Waals surface area contributed by atoms with Crippen LogP contribution >= 0.6 is 0 Å². The molecule has 0 amide bonds. The summed E-state index contributed by atoms with van der Waals surface area (Å²) in [6, 6.07) is 0. The van der Waals surface area contributed by atoms with Gasteiger partial charge in [-0.2, -0.15) is 0 Å². The lowest BCUT2D eigenvalue weighted by molar-refractivity contribution is 0.0276. The highest BCUT2D eigenvalue weighted by molar-refractivity contribution is 5.40. The molecule has 0 saturated carbocycles. The van der Waals surface area contributed by atoms with Gasteiger partial charge in [-0.05, 0) is 26.7 Å². The number of rotatable bonds is 4. The average molecular weight is 266 g/mol. The van der Waals surface area contributed by atoms with Gasteiger partial charge in [0.1, 0.15) is 5.75 Å². The van der Waals surface area contributed by atoms with Crippen LogP contribution in [0, 0.1) is 6.92 Å². The summed E-state index contributed by atoms with van der Waals surface area (Å²) >= 11 is 0. The Morgan fingerprint density at radius 3 is 2.95 bits per heavy atom. The van der Waals surface area contributed by atoms with Gasteiger partial charge in [-0.3, -0.25) is 4.98 Å². The molecule has 0 aromatic carbocycles. The van der Waals surface area contributed by atoms with Crippen molar-refractivity contribution in [1.29, 1.82) is 0 Å². The number of aliphatic hydroxyl groups is 1. The van der Waals surface area contributed by atoms with Gasteiger partial charge in [0, 0.05) is 36.0 Å². The molecule has 1 atom stereocenters. The summed E-state index contributed by atoms with van der Waals surface area (Å²) in [5.74, 6) is 0.166. The predicted octanol–water partition coefficient (Wildman–Crippen LogP) is 1.25. The molecule has 1 fully saturated rings. The highest BCUT2D eigenvalue weighted by Crippen LogP contribution is 2.25. The standard InChI is InChI=1S/C14H22N2O3/c1-10-13(18)12(11(8-17)6-15-10)7-16-14(2)4-3-5-19-9-14/h6,16-18H,3-5,7-9H2,1-2H3. The van der Waals surface area contributed by atoms with Crippen LogP contribution < -0.4 is 5.32 Å². The minimum Gasteiger partial charge on any atom is -0.506 e. The number of aryl methyl sites for hydroxylation is 1. The molecular weight excluding hydrogens is 244 g/mol. The molecule has 1 aliphatic rings. The Balaban J connectivity index is 2.12. The summed E-state index contributed by atoms with van der Waals surface area (Å²) in [5.41, 5.74) is 1.89. The summed E-state index contributed by atoms with van der Waals surface area (Å²) in [4.78, 5) is 4.06. The first-order valence-electron chi connectivity index (χ1n) is 6.66. The molecule has 1 aromatic rings. The SMILES string of the molecule is Cc1ncc(CO)c(CNC2(C)CCCOC2)c1O. The first-order chi connectivity index (χ1) is 9.06. The van der Waals surface area contributed by atoms with Gasteiger partial charge in [-0.1, -0.05) is 0 Å². The average Bonchev–Trinajstić information content (AvgIpc) is 2.41. The van der Waals surface area contributed by atoms with Crippen molar-refractivity contribution in [2.24, 2.45) is 0 Å². The maximum Gasteiger partial charge on any atom is 0.141 e. The van der Waals surface area contributed by atoms with Crippen molar-refractivity contribution in [2.45, 2.75) is 45.4 Å². The Morgan fingerprint density at radius 1 is 1.53 bits per heavy atom. The second-order valence-electron chi connectivity index (χ2n) is 5.42. The zero-order valence-electron chi connectivity index (χ0n) is 11.6. The monoisotopic (exact) mass is 266 g/mol. The molecule has 1 saturated heterocycles. The van der Waals surface area contributed by atoms with Crippen LogP contribution in [0.25, 0.3) is 0 Å². The van der Waals surface area contributed by atoms with E-state index in [0.717, 1.165) is 25.0 Å². The summed E-state index contributed by atoms with van der Waals surface area (Å²) < 4.78 is 5.50. The smallest absolute Gasteiger partial charge is 0.141 e. The minimum absolute atomic E-state index is 0.0748. The van der Waals surface area contributed by atoms with Gasteiger partial charge in [0.25, 0.3) is 0 Å². The van der Waals surface area contributed by atoms with Crippen LogP contribution in [-0.4, -0.2) is 33.9 Å². The molecule has 0 radical (unpaired) electrons. The van der Waals surface area contributed by atoms with E-state index in [0.29, 0.717) is 24.4 Å². The molecule has 0 spiro atoms. The molecule has 2 heterocycles. The van der Waals surface area contributed by atoms with E-state index in [4.69, 9.17) is 4.74 Å². The van der Waals surface area contributed by atoms with Gasteiger partial charge in [0.05, 0.1) is 18.9 Å². The lowest BCUT2D eigenvalue weighted by Crippen LogP contribution is -2.48. The second-order valence-corrected chi connectivity index (χ2v) is 5.42. The van der Waals surface area contributed by atoms with E-state index in [2.05, 4.69) is 17.2 Å². The van der Waals surface area contributed by atoms with E-state index in [1.165, 1.54) is 0 Å². The number of nitrogens with one attached hydrogen (secondary N) is 1. The number of aromatic hydroxyl groups is 1. The Kier molecular flexibility index (Phi) is 4.39. The number of aliphatic hydroxyl groups excluding tert-OH is 1. The lowest BCUT2D eigenvalue weighted by Gasteiger charge is -2.34. The fraction of sp³-hybridized carbons (Fsp3) is 0.643. The highest BCUT2D eigenvalue weighted by Gasteiger charge is 2.27. The number of hydrogen-bond donors (Lipinski definition) is 3. The molecule has 1 aromatic heterocycles. The van der Waals surface area contributed by atoms with Crippen molar-refractivity contribution in [2.75, 3.05) is 13.2 Å². The van der Waals surface area contributed by atoms with Crippen LogP contribution in [0.5, 0.6) is 5.75 Å². The van der Waals surface area contributed by atoms with Crippen molar-refractivity contribution in [3.8, 4) is 5.75 Å².